The van der Waals surface area contributed by atoms with Crippen LogP contribution in [0.4, 0.5) is 11.4 Å². The van der Waals surface area contributed by atoms with Crippen LogP contribution in [-0.2, 0) is 0 Å². The van der Waals surface area contributed by atoms with Crippen molar-refractivity contribution in [3.8, 4) is 0 Å². The normalized spacial score (nSPS) is 10.9. The molecule has 300 valence electrons. The van der Waals surface area contributed by atoms with E-state index in [0.29, 0.717) is 22.5 Å². The van der Waals surface area contributed by atoms with E-state index in [0.717, 1.165) is 21.8 Å². The fourth-order valence-electron chi connectivity index (χ4n) is 6.94. The maximum atomic E-state index is 12.7. The van der Waals surface area contributed by atoms with Gasteiger partial charge in [0.05, 0.1) is 54.6 Å². The molecule has 0 radical (unpaired) electrons. The number of amides is 2. The molecule has 1 heterocycles. The van der Waals surface area contributed by atoms with Gasteiger partial charge < -0.3 is 30.0 Å². The molecule has 0 spiro atoms. The highest BCUT2D eigenvalue weighted by Gasteiger charge is 2.24. The summed E-state index contributed by atoms with van der Waals surface area (Å²) in [4.78, 5) is 38.8. The minimum Gasteiger partial charge on any atom is -0.545 e. The van der Waals surface area contributed by atoms with E-state index < -0.39 is 5.97 Å². The predicted molar refractivity (Wildman–Crippen MR) is 235 cm³/mol. The first-order valence-corrected chi connectivity index (χ1v) is 20.6. The number of nitrogens with one attached hydrogen (secondary N) is 3. The van der Waals surface area contributed by atoms with E-state index in [9.17, 15) is 19.5 Å². The summed E-state index contributed by atoms with van der Waals surface area (Å²) < 4.78 is 1.42. The van der Waals surface area contributed by atoms with E-state index in [4.69, 9.17) is 0 Å². The number of carboxylic acids is 1. The number of aromatic amines is 1. The molecule has 2 amide bonds. The monoisotopic (exact) mass is 768 g/mol. The van der Waals surface area contributed by atoms with Gasteiger partial charge in [-0.2, -0.15) is 0 Å². The summed E-state index contributed by atoms with van der Waals surface area (Å²) in [5.74, 6) is -1.48. The van der Waals surface area contributed by atoms with Crippen molar-refractivity contribution in [1.82, 2.24) is 4.98 Å². The lowest BCUT2D eigenvalue weighted by atomic mass is 10.1. The SMILES string of the molecule is CCCC[N+](CCCC)(CCCC)CCCC.O=C(Nc1cccc2c1[nH]c1c(NC(=O)c3ccccc3)cccc12)c1ccccc1.O=C([O-])c1ccccc1. The Bertz CT molecular complexity index is 1970. The number of carboxylic acid groups (broad SMARTS) is 1. The lowest BCUT2D eigenvalue weighted by molar-refractivity contribution is -0.929. The maximum absolute atomic E-state index is 12.7. The number of quaternary nitrogens is 1. The third-order valence-electron chi connectivity index (χ3n) is 10.2. The van der Waals surface area contributed by atoms with Crippen molar-refractivity contribution in [2.24, 2.45) is 0 Å². The topological polar surface area (TPSA) is 114 Å². The van der Waals surface area contributed by atoms with Crippen LogP contribution in [0.2, 0.25) is 0 Å². The second-order valence-corrected chi connectivity index (χ2v) is 14.5. The van der Waals surface area contributed by atoms with Crippen molar-refractivity contribution >= 4 is 51.0 Å². The van der Waals surface area contributed by atoms with Gasteiger partial charge in [-0.3, -0.25) is 9.59 Å². The number of carbonyl (C=O) groups excluding carboxylic acids is 3. The number of H-pyrrole nitrogens is 1. The molecule has 0 saturated carbocycles. The molecule has 0 atom stereocenters. The lowest BCUT2D eigenvalue weighted by Gasteiger charge is -2.39. The van der Waals surface area contributed by atoms with Crippen LogP contribution < -0.4 is 15.7 Å². The number of nitrogens with zero attached hydrogens (tertiary/aromatic N) is 1. The summed E-state index contributed by atoms with van der Waals surface area (Å²) in [6.07, 6.45) is 11.1. The Balaban J connectivity index is 0.000000232. The third-order valence-corrected chi connectivity index (χ3v) is 10.2. The average Bonchev–Trinajstić information content (AvgIpc) is 3.65. The number of para-hydroxylation sites is 2. The molecule has 8 heteroatoms. The van der Waals surface area contributed by atoms with Gasteiger partial charge in [0.2, 0.25) is 0 Å². The first kappa shape index (κ1) is 44.0. The molecule has 0 bridgehead atoms. The van der Waals surface area contributed by atoms with Crippen molar-refractivity contribution < 1.29 is 24.0 Å². The number of rotatable bonds is 17. The Hall–Kier alpha value is -5.73. The summed E-state index contributed by atoms with van der Waals surface area (Å²) in [5.41, 5.74) is 4.38. The Morgan fingerprint density at radius 3 is 1.11 bits per heavy atom. The van der Waals surface area contributed by atoms with Crippen LogP contribution in [0, 0.1) is 0 Å². The molecule has 6 aromatic rings. The maximum Gasteiger partial charge on any atom is 0.255 e. The fraction of sp³-hybridized carbons (Fsp3) is 0.327. The molecular weight excluding hydrogens is 709 g/mol. The van der Waals surface area contributed by atoms with Gasteiger partial charge in [-0.15, -0.1) is 0 Å². The van der Waals surface area contributed by atoms with Gasteiger partial charge in [0.25, 0.3) is 11.8 Å². The molecule has 1 aromatic heterocycles. The van der Waals surface area contributed by atoms with Crippen LogP contribution in [0.25, 0.3) is 21.8 Å². The van der Waals surface area contributed by atoms with Crippen molar-refractivity contribution in [2.45, 2.75) is 79.1 Å². The van der Waals surface area contributed by atoms with E-state index in [2.05, 4.69) is 43.3 Å². The zero-order valence-corrected chi connectivity index (χ0v) is 34.2. The first-order valence-electron chi connectivity index (χ1n) is 20.6. The Morgan fingerprint density at radius 1 is 0.474 bits per heavy atom. The molecule has 5 aromatic carbocycles. The summed E-state index contributed by atoms with van der Waals surface area (Å²) in [7, 11) is 0. The fourth-order valence-corrected chi connectivity index (χ4v) is 6.94. The number of aromatic carboxylic acids is 1. The highest BCUT2D eigenvalue weighted by atomic mass is 16.4. The van der Waals surface area contributed by atoms with Crippen LogP contribution in [0.15, 0.2) is 127 Å². The molecule has 3 N–H and O–H groups in total. The van der Waals surface area contributed by atoms with Gasteiger partial charge in [0.1, 0.15) is 0 Å². The number of hydrogen-bond acceptors (Lipinski definition) is 4. The van der Waals surface area contributed by atoms with Crippen molar-refractivity contribution in [1.29, 1.82) is 0 Å². The minimum absolute atomic E-state index is 0.177. The molecule has 0 aliphatic rings. The Labute approximate surface area is 338 Å². The number of unbranched alkanes of at least 4 members (excludes halogenated alkanes) is 4. The minimum atomic E-state index is -1.13. The Morgan fingerprint density at radius 2 is 0.807 bits per heavy atom. The second kappa shape index (κ2) is 23.4. The number of fused-ring (bicyclic) bond motifs is 3. The van der Waals surface area contributed by atoms with Crippen molar-refractivity contribution in [2.75, 3.05) is 36.8 Å². The lowest BCUT2D eigenvalue weighted by Crippen LogP contribution is -2.50. The highest BCUT2D eigenvalue weighted by molar-refractivity contribution is 6.18. The van der Waals surface area contributed by atoms with E-state index in [1.165, 1.54) is 94.2 Å². The smallest absolute Gasteiger partial charge is 0.255 e. The van der Waals surface area contributed by atoms with Crippen molar-refractivity contribution in [3.63, 3.8) is 0 Å². The van der Waals surface area contributed by atoms with E-state index in [1.807, 2.05) is 72.8 Å². The molecule has 0 fully saturated rings. The largest absolute Gasteiger partial charge is 0.545 e. The van der Waals surface area contributed by atoms with Gasteiger partial charge in [0.15, 0.2) is 0 Å². The van der Waals surface area contributed by atoms with Crippen LogP contribution in [-0.4, -0.2) is 53.4 Å². The molecule has 0 aliphatic heterocycles. The first-order chi connectivity index (χ1) is 27.8. The number of carbonyl (C=O) groups is 3. The van der Waals surface area contributed by atoms with Gasteiger partial charge in [-0.1, -0.05) is 144 Å². The van der Waals surface area contributed by atoms with Crippen LogP contribution in [0.5, 0.6) is 0 Å². The summed E-state index contributed by atoms with van der Waals surface area (Å²) in [6.45, 7) is 15.0. The van der Waals surface area contributed by atoms with E-state index in [1.54, 1.807) is 42.5 Å². The second-order valence-electron chi connectivity index (χ2n) is 14.5. The number of benzene rings is 5. The standard InChI is InChI=1S/C26H19N3O2.C16H36N.C7H6O2/c30-25(17-9-3-1-4-10-17)27-21-15-7-13-19-20-14-8-16-22(24(20)29-23(19)21)28-26(31)18-11-5-2-6-12-18;1-5-9-13-17(14-10-6-2,15-11-7-3)16-12-8-4;8-7(9)6-4-2-1-3-5-6/h1-16,29H,(H,27,30)(H,28,31);5-16H2,1-4H3;1-5H,(H,8,9)/q;+1;/p-1. The zero-order valence-electron chi connectivity index (χ0n) is 34.2. The summed E-state index contributed by atoms with van der Waals surface area (Å²) in [5, 5.41) is 18.0. The molecular formula is C49H60N4O4. The summed E-state index contributed by atoms with van der Waals surface area (Å²) in [6, 6.07) is 37.8. The van der Waals surface area contributed by atoms with E-state index in [-0.39, 0.29) is 17.4 Å². The van der Waals surface area contributed by atoms with Gasteiger partial charge in [0, 0.05) is 21.9 Å². The molecule has 6 rings (SSSR count). The van der Waals surface area contributed by atoms with Crippen LogP contribution in [0.1, 0.15) is 110 Å². The molecule has 57 heavy (non-hydrogen) atoms. The Kier molecular flexibility index (Phi) is 18.0. The highest BCUT2D eigenvalue weighted by Crippen LogP contribution is 2.34. The number of hydrogen-bond donors (Lipinski definition) is 3. The molecule has 0 saturated heterocycles. The van der Waals surface area contributed by atoms with Crippen LogP contribution in [0.3, 0.4) is 0 Å². The third kappa shape index (κ3) is 13.2. The molecule has 8 nitrogen and oxygen atoms in total. The number of anilines is 2. The quantitative estimate of drug-likeness (QED) is 0.0802. The molecule has 0 unspecified atom stereocenters. The molecule has 0 aliphatic carbocycles. The predicted octanol–water partition coefficient (Wildman–Crippen LogP) is 10.9. The average molecular weight is 769 g/mol. The number of aromatic nitrogens is 1. The van der Waals surface area contributed by atoms with Gasteiger partial charge in [-0.05, 0) is 67.6 Å². The zero-order chi connectivity index (χ0) is 40.9. The van der Waals surface area contributed by atoms with Gasteiger partial charge >= 0.3 is 0 Å². The summed E-state index contributed by atoms with van der Waals surface area (Å²) >= 11 is 0. The van der Waals surface area contributed by atoms with E-state index >= 15 is 0 Å². The van der Waals surface area contributed by atoms with Gasteiger partial charge in [-0.25, -0.2) is 0 Å². The van der Waals surface area contributed by atoms with Crippen molar-refractivity contribution in [3.05, 3.63) is 144 Å². The van der Waals surface area contributed by atoms with Crippen LogP contribution >= 0.6 is 0 Å².